The number of nitrogens with one attached hydrogen (secondary N) is 1. The van der Waals surface area contributed by atoms with Gasteiger partial charge in [0, 0.05) is 12.6 Å². The third-order valence-corrected chi connectivity index (χ3v) is 9.06. The van der Waals surface area contributed by atoms with Crippen LogP contribution in [0.25, 0.3) is 0 Å². The minimum absolute atomic E-state index is 0.0989. The lowest BCUT2D eigenvalue weighted by atomic mass is 10.1. The van der Waals surface area contributed by atoms with Gasteiger partial charge in [0.05, 0.1) is 10.6 Å². The largest absolute Gasteiger partial charge is 0.352 e. The molecule has 0 heterocycles. The number of nitrogens with zero attached hydrogens (tertiary/aromatic N) is 2. The molecule has 1 aliphatic carbocycles. The fraction of sp³-hybridized carbons (Fsp3) is 0.355. The van der Waals surface area contributed by atoms with E-state index in [4.69, 9.17) is 0 Å². The van der Waals surface area contributed by atoms with Crippen LogP contribution in [0.3, 0.4) is 0 Å². The van der Waals surface area contributed by atoms with Gasteiger partial charge in [-0.15, -0.1) is 0 Å². The summed E-state index contributed by atoms with van der Waals surface area (Å²) in [6.07, 6.45) is 4.02. The number of rotatable bonds is 10. The summed E-state index contributed by atoms with van der Waals surface area (Å²) in [6, 6.07) is 22.3. The van der Waals surface area contributed by atoms with Crippen LogP contribution in [0.1, 0.15) is 49.3 Å². The zero-order chi connectivity index (χ0) is 28.0. The first-order valence-corrected chi connectivity index (χ1v) is 14.9. The molecule has 0 spiro atoms. The average Bonchev–Trinajstić information content (AvgIpc) is 3.44. The van der Waals surface area contributed by atoms with E-state index in [9.17, 15) is 18.0 Å². The highest BCUT2D eigenvalue weighted by Gasteiger charge is 2.33. The highest BCUT2D eigenvalue weighted by atomic mass is 32.2. The lowest BCUT2D eigenvalue weighted by molar-refractivity contribution is -0.139. The molecule has 1 atom stereocenters. The first-order chi connectivity index (χ1) is 18.6. The second-order valence-electron chi connectivity index (χ2n) is 10.3. The molecule has 1 fully saturated rings. The molecule has 4 rings (SSSR count). The topological polar surface area (TPSA) is 86.8 Å². The summed E-state index contributed by atoms with van der Waals surface area (Å²) in [5.74, 6) is -0.681. The Labute approximate surface area is 231 Å². The van der Waals surface area contributed by atoms with Gasteiger partial charge < -0.3 is 10.2 Å². The minimum atomic E-state index is -4.06. The first kappa shape index (κ1) is 28.4. The Balaban J connectivity index is 1.66. The lowest BCUT2D eigenvalue weighted by Gasteiger charge is -2.32. The van der Waals surface area contributed by atoms with Crippen LogP contribution in [0.4, 0.5) is 5.69 Å². The summed E-state index contributed by atoms with van der Waals surface area (Å²) in [6.45, 7) is 5.32. The Morgan fingerprint density at radius 1 is 0.872 bits per heavy atom. The number of para-hydroxylation sites is 1. The number of aryl methyl sites for hydroxylation is 2. The monoisotopic (exact) mass is 547 g/mol. The van der Waals surface area contributed by atoms with Crippen molar-refractivity contribution in [1.82, 2.24) is 10.2 Å². The maximum atomic E-state index is 14.0. The Kier molecular flexibility index (Phi) is 9.07. The summed E-state index contributed by atoms with van der Waals surface area (Å²) in [4.78, 5) is 28.8. The molecule has 1 aliphatic rings. The van der Waals surface area contributed by atoms with E-state index in [0.29, 0.717) is 5.69 Å². The molecule has 1 N–H and O–H groups in total. The highest BCUT2D eigenvalue weighted by molar-refractivity contribution is 7.92. The van der Waals surface area contributed by atoms with Crippen molar-refractivity contribution in [1.29, 1.82) is 0 Å². The maximum Gasteiger partial charge on any atom is 0.264 e. The molecule has 2 amide bonds. The zero-order valence-corrected chi connectivity index (χ0v) is 23.7. The van der Waals surface area contributed by atoms with Crippen molar-refractivity contribution in [2.75, 3.05) is 10.8 Å². The van der Waals surface area contributed by atoms with Crippen LogP contribution >= 0.6 is 0 Å². The predicted octanol–water partition coefficient (Wildman–Crippen LogP) is 4.97. The Morgan fingerprint density at radius 2 is 1.44 bits per heavy atom. The Bertz CT molecular complexity index is 1370. The van der Waals surface area contributed by atoms with E-state index in [1.165, 1.54) is 4.90 Å². The van der Waals surface area contributed by atoms with Crippen molar-refractivity contribution in [3.8, 4) is 0 Å². The number of anilines is 1. The quantitative estimate of drug-likeness (QED) is 0.388. The highest BCUT2D eigenvalue weighted by Crippen LogP contribution is 2.25. The molecule has 3 aromatic carbocycles. The molecule has 3 aromatic rings. The molecular weight excluding hydrogens is 510 g/mol. The summed E-state index contributed by atoms with van der Waals surface area (Å²) in [5, 5.41) is 3.09. The number of sulfonamides is 1. The number of amides is 2. The molecule has 0 radical (unpaired) electrons. The van der Waals surface area contributed by atoms with E-state index in [1.54, 1.807) is 61.5 Å². The van der Waals surface area contributed by atoms with Gasteiger partial charge in [-0.05, 0) is 63.4 Å². The van der Waals surface area contributed by atoms with Crippen molar-refractivity contribution < 1.29 is 18.0 Å². The van der Waals surface area contributed by atoms with Crippen molar-refractivity contribution in [2.24, 2.45) is 0 Å². The predicted molar refractivity (Wildman–Crippen MR) is 154 cm³/mol. The Morgan fingerprint density at radius 3 is 2.03 bits per heavy atom. The molecule has 8 heteroatoms. The SMILES string of the molecule is Cc1ccc(CN(C(=O)CN(c2ccccc2)S(=O)(=O)c2ccc(C)cc2)C(C)C(=O)NC2CCCC2)cc1. The second-order valence-corrected chi connectivity index (χ2v) is 12.2. The summed E-state index contributed by atoms with van der Waals surface area (Å²) >= 11 is 0. The van der Waals surface area contributed by atoms with Crippen LogP contribution in [0, 0.1) is 13.8 Å². The van der Waals surface area contributed by atoms with Crippen LogP contribution in [0.5, 0.6) is 0 Å². The van der Waals surface area contributed by atoms with E-state index >= 15 is 0 Å². The van der Waals surface area contributed by atoms with Gasteiger partial charge in [-0.3, -0.25) is 13.9 Å². The lowest BCUT2D eigenvalue weighted by Crippen LogP contribution is -2.52. The molecule has 206 valence electrons. The second kappa shape index (κ2) is 12.5. The molecule has 0 aromatic heterocycles. The minimum Gasteiger partial charge on any atom is -0.352 e. The van der Waals surface area contributed by atoms with Crippen LogP contribution in [-0.4, -0.2) is 43.8 Å². The molecular formula is C31H37N3O4S. The molecule has 7 nitrogen and oxygen atoms in total. The number of hydrogen-bond acceptors (Lipinski definition) is 4. The smallest absolute Gasteiger partial charge is 0.264 e. The molecule has 39 heavy (non-hydrogen) atoms. The third-order valence-electron chi connectivity index (χ3n) is 7.27. The van der Waals surface area contributed by atoms with Crippen molar-refractivity contribution in [2.45, 2.75) is 70.0 Å². The van der Waals surface area contributed by atoms with Gasteiger partial charge in [-0.1, -0.05) is 78.6 Å². The van der Waals surface area contributed by atoms with Crippen LogP contribution in [-0.2, 0) is 26.2 Å². The maximum absolute atomic E-state index is 14.0. The van der Waals surface area contributed by atoms with Gasteiger partial charge in [-0.2, -0.15) is 0 Å². The van der Waals surface area contributed by atoms with Crippen molar-refractivity contribution in [3.63, 3.8) is 0 Å². The van der Waals surface area contributed by atoms with Gasteiger partial charge in [0.25, 0.3) is 10.0 Å². The van der Waals surface area contributed by atoms with Crippen molar-refractivity contribution >= 4 is 27.5 Å². The van der Waals surface area contributed by atoms with E-state index in [2.05, 4.69) is 5.32 Å². The van der Waals surface area contributed by atoms with Gasteiger partial charge >= 0.3 is 0 Å². The van der Waals surface area contributed by atoms with E-state index in [1.807, 2.05) is 38.1 Å². The van der Waals surface area contributed by atoms with Gasteiger partial charge in [0.15, 0.2) is 0 Å². The molecule has 0 aliphatic heterocycles. The van der Waals surface area contributed by atoms with Crippen molar-refractivity contribution in [3.05, 3.63) is 95.6 Å². The van der Waals surface area contributed by atoms with E-state index in [0.717, 1.165) is 46.7 Å². The van der Waals surface area contributed by atoms with E-state index < -0.39 is 28.5 Å². The van der Waals surface area contributed by atoms with Crippen LogP contribution in [0.15, 0.2) is 83.8 Å². The fourth-order valence-electron chi connectivity index (χ4n) is 4.83. The van der Waals surface area contributed by atoms with Gasteiger partial charge in [-0.25, -0.2) is 8.42 Å². The van der Waals surface area contributed by atoms with Crippen LogP contribution < -0.4 is 9.62 Å². The van der Waals surface area contributed by atoms with E-state index in [-0.39, 0.29) is 23.4 Å². The van der Waals surface area contributed by atoms with Gasteiger partial charge in [0.2, 0.25) is 11.8 Å². The third kappa shape index (κ3) is 7.06. The molecule has 0 bridgehead atoms. The van der Waals surface area contributed by atoms with Crippen LogP contribution in [0.2, 0.25) is 0 Å². The summed E-state index contributed by atoms with van der Waals surface area (Å²) in [5.41, 5.74) is 3.26. The standard InChI is InChI=1S/C31H37N3O4S/c1-23-13-17-26(18-14-23)21-33(25(3)31(36)32-27-9-7-8-10-27)30(35)22-34(28-11-5-4-6-12-28)39(37,38)29-19-15-24(2)16-20-29/h4-6,11-20,25,27H,7-10,21-22H2,1-3H3,(H,32,36). The molecule has 1 saturated carbocycles. The summed E-state index contributed by atoms with van der Waals surface area (Å²) in [7, 11) is -4.06. The molecule has 0 saturated heterocycles. The number of benzene rings is 3. The fourth-order valence-corrected chi connectivity index (χ4v) is 6.24. The first-order valence-electron chi connectivity index (χ1n) is 13.4. The summed E-state index contributed by atoms with van der Waals surface area (Å²) < 4.78 is 28.7. The Hall–Kier alpha value is -3.65. The zero-order valence-electron chi connectivity index (χ0n) is 22.8. The normalized spacial score (nSPS) is 14.5. The molecule has 1 unspecified atom stereocenters. The average molecular weight is 548 g/mol. The number of carbonyl (C=O) groups is 2. The van der Waals surface area contributed by atoms with Gasteiger partial charge in [0.1, 0.15) is 12.6 Å². The number of carbonyl (C=O) groups excluding carboxylic acids is 2. The number of hydrogen-bond donors (Lipinski definition) is 1.